The summed E-state index contributed by atoms with van der Waals surface area (Å²) in [5.74, 6) is 0.203. The third-order valence-corrected chi connectivity index (χ3v) is 5.81. The van der Waals surface area contributed by atoms with Crippen molar-refractivity contribution in [2.75, 3.05) is 24.5 Å². The Bertz CT molecular complexity index is 1270. The second-order valence-electron chi connectivity index (χ2n) is 8.07. The second kappa shape index (κ2) is 8.16. The molecule has 5 rings (SSSR count). The van der Waals surface area contributed by atoms with E-state index < -0.39 is 5.82 Å². The van der Waals surface area contributed by atoms with Crippen molar-refractivity contribution in [1.29, 1.82) is 0 Å². The largest absolute Gasteiger partial charge is 0.507 e. The highest BCUT2D eigenvalue weighted by atomic mass is 19.1. The van der Waals surface area contributed by atoms with Gasteiger partial charge in [0, 0.05) is 49.2 Å². The van der Waals surface area contributed by atoms with E-state index in [0.717, 1.165) is 31.7 Å². The number of aryl methyl sites for hydroxylation is 1. The molecule has 0 amide bonds. The molecule has 8 nitrogen and oxygen atoms in total. The van der Waals surface area contributed by atoms with Crippen molar-refractivity contribution in [1.82, 2.24) is 29.9 Å². The molecule has 32 heavy (non-hydrogen) atoms. The Morgan fingerprint density at radius 2 is 2.06 bits per heavy atom. The molecule has 1 atom stereocenters. The number of pyridine rings is 1. The number of fused-ring (bicyclic) bond motifs is 1. The van der Waals surface area contributed by atoms with Crippen LogP contribution in [-0.4, -0.2) is 55.3 Å². The molecule has 0 saturated carbocycles. The fourth-order valence-electron chi connectivity index (χ4n) is 4.08. The normalized spacial score (nSPS) is 16.6. The average Bonchev–Trinajstić information content (AvgIpc) is 3.20. The molecular weight excluding hydrogens is 409 g/mol. The van der Waals surface area contributed by atoms with Crippen LogP contribution in [0, 0.1) is 12.7 Å². The van der Waals surface area contributed by atoms with Crippen molar-refractivity contribution < 1.29 is 9.50 Å². The predicted octanol–water partition coefficient (Wildman–Crippen LogP) is 3.19. The van der Waals surface area contributed by atoms with Gasteiger partial charge < -0.3 is 19.7 Å². The summed E-state index contributed by atoms with van der Waals surface area (Å²) in [7, 11) is 0. The lowest BCUT2D eigenvalue weighted by atomic mass is 10.0. The number of piperazine rings is 1. The van der Waals surface area contributed by atoms with Crippen molar-refractivity contribution in [2.45, 2.75) is 26.3 Å². The van der Waals surface area contributed by atoms with Gasteiger partial charge in [-0.25, -0.2) is 14.4 Å². The van der Waals surface area contributed by atoms with Crippen LogP contribution in [0.1, 0.15) is 19.0 Å². The summed E-state index contributed by atoms with van der Waals surface area (Å²) in [6, 6.07) is 6.99. The molecule has 1 saturated heterocycles. The van der Waals surface area contributed by atoms with Gasteiger partial charge in [-0.2, -0.15) is 0 Å². The van der Waals surface area contributed by atoms with Crippen LogP contribution < -0.4 is 10.2 Å². The van der Waals surface area contributed by atoms with Crippen LogP contribution in [0.15, 0.2) is 42.9 Å². The van der Waals surface area contributed by atoms with Gasteiger partial charge >= 0.3 is 0 Å². The van der Waals surface area contributed by atoms with Gasteiger partial charge in [-0.1, -0.05) is 13.0 Å². The van der Waals surface area contributed by atoms with Crippen LogP contribution in [0.2, 0.25) is 0 Å². The van der Waals surface area contributed by atoms with Crippen LogP contribution >= 0.6 is 0 Å². The standard InChI is InChI=1S/C23H24FN7O/c1-3-17-13-30(7-6-25-17)23-26-10-20(28-29-23)18-5-4-15(9-21(18)32)16-8-19(24)22-27-14(2)11-31(22)12-16/h4-5,8-12,17,25,32H,3,6-7,13H2,1-2H3. The number of phenols is 1. The minimum absolute atomic E-state index is 0.0295. The molecule has 4 heterocycles. The van der Waals surface area contributed by atoms with Crippen molar-refractivity contribution in [3.63, 3.8) is 0 Å². The predicted molar refractivity (Wildman–Crippen MR) is 120 cm³/mol. The van der Waals surface area contributed by atoms with Gasteiger partial charge in [-0.3, -0.25) is 0 Å². The summed E-state index contributed by atoms with van der Waals surface area (Å²) < 4.78 is 16.1. The first-order chi connectivity index (χ1) is 15.5. The molecule has 0 bridgehead atoms. The third kappa shape index (κ3) is 3.75. The minimum atomic E-state index is -0.414. The molecular formula is C23H24FN7O. The smallest absolute Gasteiger partial charge is 0.245 e. The summed E-state index contributed by atoms with van der Waals surface area (Å²) >= 11 is 0. The molecule has 0 radical (unpaired) electrons. The number of anilines is 1. The molecule has 0 spiro atoms. The highest BCUT2D eigenvalue weighted by Gasteiger charge is 2.20. The highest BCUT2D eigenvalue weighted by molar-refractivity contribution is 5.74. The quantitative estimate of drug-likeness (QED) is 0.511. The van der Waals surface area contributed by atoms with Crippen molar-refractivity contribution in [3.05, 3.63) is 54.4 Å². The zero-order valence-electron chi connectivity index (χ0n) is 18.0. The molecule has 1 unspecified atom stereocenters. The highest BCUT2D eigenvalue weighted by Crippen LogP contribution is 2.33. The molecule has 1 aliphatic rings. The number of imidazole rings is 1. The maximum absolute atomic E-state index is 14.4. The molecule has 9 heteroatoms. The number of benzene rings is 1. The van der Waals surface area contributed by atoms with Crippen LogP contribution in [0.4, 0.5) is 10.3 Å². The molecule has 4 aromatic rings. The summed E-state index contributed by atoms with van der Waals surface area (Å²) in [6.07, 6.45) is 6.22. The van der Waals surface area contributed by atoms with E-state index in [1.807, 2.05) is 13.0 Å². The van der Waals surface area contributed by atoms with E-state index in [-0.39, 0.29) is 11.4 Å². The molecule has 164 valence electrons. The molecule has 2 N–H and O–H groups in total. The van der Waals surface area contributed by atoms with Crippen molar-refractivity contribution in [2.24, 2.45) is 0 Å². The number of nitrogens with zero attached hydrogens (tertiary/aromatic N) is 6. The number of aromatic hydroxyl groups is 1. The van der Waals surface area contributed by atoms with Gasteiger partial charge in [0.05, 0.1) is 11.9 Å². The van der Waals surface area contributed by atoms with E-state index in [0.29, 0.717) is 34.4 Å². The summed E-state index contributed by atoms with van der Waals surface area (Å²) in [5.41, 5.74) is 3.34. The number of rotatable bonds is 4. The van der Waals surface area contributed by atoms with Crippen LogP contribution in [0.25, 0.3) is 28.0 Å². The first-order valence-electron chi connectivity index (χ1n) is 10.7. The van der Waals surface area contributed by atoms with Gasteiger partial charge in [0.2, 0.25) is 5.95 Å². The number of halogens is 1. The van der Waals surface area contributed by atoms with E-state index in [1.165, 1.54) is 6.07 Å². The molecule has 1 aromatic carbocycles. The zero-order chi connectivity index (χ0) is 22.2. The third-order valence-electron chi connectivity index (χ3n) is 5.81. The Morgan fingerprint density at radius 1 is 1.19 bits per heavy atom. The lowest BCUT2D eigenvalue weighted by Crippen LogP contribution is -2.51. The lowest BCUT2D eigenvalue weighted by molar-refractivity contribution is 0.442. The number of hydrogen-bond donors (Lipinski definition) is 2. The average molecular weight is 433 g/mol. The Morgan fingerprint density at radius 3 is 2.81 bits per heavy atom. The van der Waals surface area contributed by atoms with E-state index in [9.17, 15) is 9.50 Å². The van der Waals surface area contributed by atoms with Gasteiger partial charge in [-0.15, -0.1) is 10.2 Å². The van der Waals surface area contributed by atoms with E-state index in [2.05, 4.69) is 37.3 Å². The van der Waals surface area contributed by atoms with Gasteiger partial charge in [0.25, 0.3) is 0 Å². The molecule has 1 aliphatic heterocycles. The fourth-order valence-corrected chi connectivity index (χ4v) is 4.08. The Labute approximate surface area is 184 Å². The first kappa shape index (κ1) is 20.3. The first-order valence-corrected chi connectivity index (χ1v) is 10.7. The molecule has 0 aliphatic carbocycles. The Hall–Kier alpha value is -3.59. The Kier molecular flexibility index (Phi) is 5.18. The fraction of sp³-hybridized carbons (Fsp3) is 0.304. The van der Waals surface area contributed by atoms with Gasteiger partial charge in [-0.05, 0) is 37.1 Å². The molecule has 1 fully saturated rings. The van der Waals surface area contributed by atoms with Crippen molar-refractivity contribution >= 4 is 11.6 Å². The van der Waals surface area contributed by atoms with E-state index >= 15 is 0 Å². The van der Waals surface area contributed by atoms with Gasteiger partial charge in [0.1, 0.15) is 11.4 Å². The van der Waals surface area contributed by atoms with Crippen LogP contribution in [-0.2, 0) is 0 Å². The number of phenolic OH excluding ortho intramolecular Hbond substituents is 1. The zero-order valence-corrected chi connectivity index (χ0v) is 18.0. The Balaban J connectivity index is 1.41. The van der Waals surface area contributed by atoms with Crippen molar-refractivity contribution in [3.8, 4) is 28.1 Å². The van der Waals surface area contributed by atoms with E-state index in [4.69, 9.17) is 0 Å². The number of nitrogens with one attached hydrogen (secondary N) is 1. The second-order valence-corrected chi connectivity index (χ2v) is 8.07. The van der Waals surface area contributed by atoms with Gasteiger partial charge in [0.15, 0.2) is 11.5 Å². The topological polar surface area (TPSA) is 91.5 Å². The number of aromatic nitrogens is 5. The SMILES string of the molecule is CCC1CN(c2ncc(-c3ccc(-c4cc(F)c5nc(C)cn5c4)cc3O)nn2)CCN1. The minimum Gasteiger partial charge on any atom is -0.507 e. The maximum atomic E-state index is 14.4. The van der Waals surface area contributed by atoms with E-state index in [1.54, 1.807) is 35.1 Å². The lowest BCUT2D eigenvalue weighted by Gasteiger charge is -2.32. The summed E-state index contributed by atoms with van der Waals surface area (Å²) in [5, 5.41) is 22.7. The maximum Gasteiger partial charge on any atom is 0.245 e. The monoisotopic (exact) mass is 433 g/mol. The summed E-state index contributed by atoms with van der Waals surface area (Å²) in [6.45, 7) is 6.52. The number of hydrogen-bond acceptors (Lipinski definition) is 7. The summed E-state index contributed by atoms with van der Waals surface area (Å²) in [4.78, 5) is 10.8. The van der Waals surface area contributed by atoms with Crippen LogP contribution in [0.5, 0.6) is 5.75 Å². The van der Waals surface area contributed by atoms with Crippen LogP contribution in [0.3, 0.4) is 0 Å². The molecule has 3 aromatic heterocycles.